The molecule has 21 heavy (non-hydrogen) atoms. The largest absolute Gasteiger partial charge is 0.399 e. The standard InChI is InChI=1S/C17H17N3O/c1-12-5-4-6-15(9-12)20-11-18-16-10-14(7-8-17(16)20)13(2)19-21-3/h4-11H,1-3H3/b19-13-. The Hall–Kier alpha value is -2.62. The minimum Gasteiger partial charge on any atom is -0.399 e. The van der Waals surface area contributed by atoms with E-state index in [2.05, 4.69) is 52.0 Å². The highest BCUT2D eigenvalue weighted by Gasteiger charge is 2.07. The van der Waals surface area contributed by atoms with Crippen LogP contribution in [0.25, 0.3) is 16.7 Å². The van der Waals surface area contributed by atoms with Gasteiger partial charge in [-0.25, -0.2) is 4.98 Å². The molecule has 0 unspecified atom stereocenters. The second kappa shape index (κ2) is 5.40. The monoisotopic (exact) mass is 279 g/mol. The summed E-state index contributed by atoms with van der Waals surface area (Å²) in [4.78, 5) is 9.32. The third-order valence-corrected chi connectivity index (χ3v) is 3.47. The highest BCUT2D eigenvalue weighted by molar-refractivity contribution is 6.00. The number of fused-ring (bicyclic) bond motifs is 1. The van der Waals surface area contributed by atoms with Crippen LogP contribution in [0.5, 0.6) is 0 Å². The lowest BCUT2D eigenvalue weighted by molar-refractivity contribution is 0.213. The molecule has 0 bridgehead atoms. The van der Waals surface area contributed by atoms with Crippen molar-refractivity contribution in [2.45, 2.75) is 13.8 Å². The van der Waals surface area contributed by atoms with E-state index in [4.69, 9.17) is 4.84 Å². The molecule has 0 atom stereocenters. The van der Waals surface area contributed by atoms with Gasteiger partial charge >= 0.3 is 0 Å². The van der Waals surface area contributed by atoms with Crippen LogP contribution in [0, 0.1) is 6.92 Å². The van der Waals surface area contributed by atoms with Gasteiger partial charge in [-0.15, -0.1) is 0 Å². The molecule has 4 nitrogen and oxygen atoms in total. The first kappa shape index (κ1) is 13.4. The summed E-state index contributed by atoms with van der Waals surface area (Å²) in [5.41, 5.74) is 6.22. The fourth-order valence-electron chi connectivity index (χ4n) is 2.41. The molecule has 3 rings (SSSR count). The predicted octanol–water partition coefficient (Wildman–Crippen LogP) is 3.70. The van der Waals surface area contributed by atoms with Gasteiger partial charge in [-0.2, -0.15) is 0 Å². The Morgan fingerprint density at radius 1 is 1.19 bits per heavy atom. The number of benzene rings is 2. The molecular formula is C17H17N3O. The fourth-order valence-corrected chi connectivity index (χ4v) is 2.41. The van der Waals surface area contributed by atoms with Gasteiger partial charge in [0, 0.05) is 11.3 Å². The molecule has 0 aliphatic heterocycles. The third-order valence-electron chi connectivity index (χ3n) is 3.47. The van der Waals surface area contributed by atoms with Crippen LogP contribution >= 0.6 is 0 Å². The van der Waals surface area contributed by atoms with Gasteiger partial charge in [0.25, 0.3) is 0 Å². The number of imidazole rings is 1. The SMILES string of the molecule is CO/N=C(/C)c1ccc2c(c1)ncn2-c1cccc(C)c1. The van der Waals surface area contributed by atoms with Crippen LogP contribution in [0.15, 0.2) is 53.9 Å². The highest BCUT2D eigenvalue weighted by atomic mass is 16.6. The van der Waals surface area contributed by atoms with E-state index < -0.39 is 0 Å². The summed E-state index contributed by atoms with van der Waals surface area (Å²) in [5.74, 6) is 0. The molecule has 0 aliphatic rings. The molecule has 3 aromatic rings. The van der Waals surface area contributed by atoms with Crippen molar-refractivity contribution in [3.63, 3.8) is 0 Å². The van der Waals surface area contributed by atoms with Crippen LogP contribution in [0.2, 0.25) is 0 Å². The summed E-state index contributed by atoms with van der Waals surface area (Å²) in [6, 6.07) is 14.5. The lowest BCUT2D eigenvalue weighted by Crippen LogP contribution is -1.96. The first-order valence-corrected chi connectivity index (χ1v) is 6.81. The van der Waals surface area contributed by atoms with Gasteiger partial charge in [-0.3, -0.25) is 4.57 Å². The van der Waals surface area contributed by atoms with Crippen molar-refractivity contribution in [2.24, 2.45) is 5.16 Å². The smallest absolute Gasteiger partial charge is 0.106 e. The maximum absolute atomic E-state index is 4.82. The average Bonchev–Trinajstić information content (AvgIpc) is 2.90. The molecule has 0 N–H and O–H groups in total. The summed E-state index contributed by atoms with van der Waals surface area (Å²) in [7, 11) is 1.55. The molecule has 4 heteroatoms. The lowest BCUT2D eigenvalue weighted by Gasteiger charge is -2.06. The van der Waals surface area contributed by atoms with E-state index in [9.17, 15) is 0 Å². The number of nitrogens with zero attached hydrogens (tertiary/aromatic N) is 3. The first-order valence-electron chi connectivity index (χ1n) is 6.81. The summed E-state index contributed by atoms with van der Waals surface area (Å²) in [5, 5.41) is 3.96. The Labute approximate surface area is 123 Å². The van der Waals surface area contributed by atoms with Crippen LogP contribution in [0.1, 0.15) is 18.1 Å². The molecule has 0 spiro atoms. The second-order valence-electron chi connectivity index (χ2n) is 5.02. The van der Waals surface area contributed by atoms with Gasteiger partial charge in [0.05, 0.1) is 16.7 Å². The quantitative estimate of drug-likeness (QED) is 0.541. The molecular weight excluding hydrogens is 262 g/mol. The van der Waals surface area contributed by atoms with Crippen LogP contribution in [-0.2, 0) is 4.84 Å². The minimum absolute atomic E-state index is 0.838. The molecule has 1 aromatic heterocycles. The van der Waals surface area contributed by atoms with Crippen LogP contribution in [0.4, 0.5) is 0 Å². The fraction of sp³-hybridized carbons (Fsp3) is 0.176. The Morgan fingerprint density at radius 2 is 2.05 bits per heavy atom. The number of aromatic nitrogens is 2. The molecule has 0 radical (unpaired) electrons. The summed E-state index contributed by atoms with van der Waals surface area (Å²) in [6.45, 7) is 4.01. The number of rotatable bonds is 3. The van der Waals surface area contributed by atoms with E-state index in [0.29, 0.717) is 0 Å². The normalized spacial score (nSPS) is 11.9. The van der Waals surface area contributed by atoms with E-state index >= 15 is 0 Å². The highest BCUT2D eigenvalue weighted by Crippen LogP contribution is 2.20. The molecule has 0 saturated heterocycles. The van der Waals surface area contributed by atoms with Crippen molar-refractivity contribution in [3.05, 3.63) is 59.9 Å². The van der Waals surface area contributed by atoms with Crippen molar-refractivity contribution >= 4 is 16.7 Å². The summed E-state index contributed by atoms with van der Waals surface area (Å²) < 4.78 is 2.09. The lowest BCUT2D eigenvalue weighted by atomic mass is 10.1. The Balaban J connectivity index is 2.10. The Morgan fingerprint density at radius 3 is 2.81 bits per heavy atom. The van der Waals surface area contributed by atoms with E-state index in [1.807, 2.05) is 25.4 Å². The third kappa shape index (κ3) is 2.52. The molecule has 2 aromatic carbocycles. The second-order valence-corrected chi connectivity index (χ2v) is 5.02. The van der Waals surface area contributed by atoms with Gasteiger partial charge in [0.1, 0.15) is 13.4 Å². The van der Waals surface area contributed by atoms with E-state index in [1.165, 1.54) is 5.56 Å². The van der Waals surface area contributed by atoms with Gasteiger partial charge in [-0.05, 0) is 43.7 Å². The van der Waals surface area contributed by atoms with Gasteiger partial charge < -0.3 is 4.84 Å². The van der Waals surface area contributed by atoms with E-state index in [-0.39, 0.29) is 0 Å². The predicted molar refractivity (Wildman–Crippen MR) is 85.0 cm³/mol. The van der Waals surface area contributed by atoms with Gasteiger partial charge in [0.15, 0.2) is 0 Å². The summed E-state index contributed by atoms with van der Waals surface area (Å²) >= 11 is 0. The summed E-state index contributed by atoms with van der Waals surface area (Å²) in [6.07, 6.45) is 1.85. The molecule has 0 fully saturated rings. The van der Waals surface area contributed by atoms with Crippen LogP contribution < -0.4 is 0 Å². The number of oxime groups is 1. The zero-order chi connectivity index (χ0) is 14.8. The van der Waals surface area contributed by atoms with Crippen LogP contribution in [0.3, 0.4) is 0 Å². The maximum atomic E-state index is 4.82. The minimum atomic E-state index is 0.838. The van der Waals surface area contributed by atoms with Crippen molar-refractivity contribution in [1.82, 2.24) is 9.55 Å². The van der Waals surface area contributed by atoms with Gasteiger partial charge in [0.2, 0.25) is 0 Å². The molecule has 0 amide bonds. The van der Waals surface area contributed by atoms with Crippen LogP contribution in [-0.4, -0.2) is 22.4 Å². The molecule has 1 heterocycles. The molecule has 106 valence electrons. The number of hydrogen-bond donors (Lipinski definition) is 0. The Bertz CT molecular complexity index is 818. The van der Waals surface area contributed by atoms with Crippen molar-refractivity contribution < 1.29 is 4.84 Å². The Kier molecular flexibility index (Phi) is 3.44. The topological polar surface area (TPSA) is 39.4 Å². The number of hydrogen-bond acceptors (Lipinski definition) is 3. The first-order chi connectivity index (χ1) is 10.2. The zero-order valence-electron chi connectivity index (χ0n) is 12.4. The zero-order valence-corrected chi connectivity index (χ0v) is 12.4. The average molecular weight is 279 g/mol. The maximum Gasteiger partial charge on any atom is 0.106 e. The van der Waals surface area contributed by atoms with E-state index in [1.54, 1.807) is 7.11 Å². The van der Waals surface area contributed by atoms with Gasteiger partial charge in [-0.1, -0.05) is 23.4 Å². The van der Waals surface area contributed by atoms with Crippen molar-refractivity contribution in [3.8, 4) is 5.69 Å². The van der Waals surface area contributed by atoms with E-state index in [0.717, 1.165) is 28.0 Å². The molecule has 0 aliphatic carbocycles. The van der Waals surface area contributed by atoms with Crippen molar-refractivity contribution in [2.75, 3.05) is 7.11 Å². The number of aryl methyl sites for hydroxylation is 1. The van der Waals surface area contributed by atoms with Crippen molar-refractivity contribution in [1.29, 1.82) is 0 Å². The molecule has 0 saturated carbocycles.